The fourth-order valence-electron chi connectivity index (χ4n) is 1.56. The molecule has 0 bridgehead atoms. The average Bonchev–Trinajstić information content (AvgIpc) is 2.73. The van der Waals surface area contributed by atoms with Gasteiger partial charge < -0.3 is 4.90 Å². The van der Waals surface area contributed by atoms with Crippen LogP contribution in [0.2, 0.25) is 0 Å². The molecule has 0 aliphatic rings. The van der Waals surface area contributed by atoms with E-state index in [1.165, 1.54) is 4.88 Å². The Kier molecular flexibility index (Phi) is 3.94. The fraction of sp³-hybridized carbons (Fsp3) is 0.250. The van der Waals surface area contributed by atoms with Gasteiger partial charge >= 0.3 is 0 Å². The minimum absolute atomic E-state index is 0.400. The van der Waals surface area contributed by atoms with Gasteiger partial charge in [-0.1, -0.05) is 0 Å². The van der Waals surface area contributed by atoms with Crippen LogP contribution in [-0.2, 0) is 6.54 Å². The Balaban J connectivity index is 2.21. The Bertz CT molecular complexity index is 602. The van der Waals surface area contributed by atoms with Gasteiger partial charge in [-0.3, -0.25) is 0 Å². The van der Waals surface area contributed by atoms with Gasteiger partial charge in [0.1, 0.15) is 23.4 Å². The SMILES string of the molecule is Cc1nc(C#N)cc(N(C)Cc2ccc(Br)s2)n1. The third-order valence-corrected chi connectivity index (χ3v) is 3.96. The van der Waals surface area contributed by atoms with Crippen LogP contribution in [0.5, 0.6) is 0 Å². The van der Waals surface area contributed by atoms with Gasteiger partial charge in [0.05, 0.1) is 10.3 Å². The van der Waals surface area contributed by atoms with Crippen molar-refractivity contribution < 1.29 is 0 Å². The second kappa shape index (κ2) is 5.46. The van der Waals surface area contributed by atoms with Gasteiger partial charge in [0.25, 0.3) is 0 Å². The summed E-state index contributed by atoms with van der Waals surface area (Å²) < 4.78 is 1.11. The quantitative estimate of drug-likeness (QED) is 0.871. The van der Waals surface area contributed by atoms with Gasteiger partial charge in [-0.05, 0) is 35.0 Å². The van der Waals surface area contributed by atoms with E-state index in [1.54, 1.807) is 24.3 Å². The van der Waals surface area contributed by atoms with Gasteiger partial charge in [0.2, 0.25) is 0 Å². The van der Waals surface area contributed by atoms with E-state index in [9.17, 15) is 0 Å². The van der Waals surface area contributed by atoms with Crippen molar-refractivity contribution in [3.63, 3.8) is 0 Å². The molecule has 2 rings (SSSR count). The molecule has 0 aromatic carbocycles. The summed E-state index contributed by atoms with van der Waals surface area (Å²) in [6.45, 7) is 2.55. The highest BCUT2D eigenvalue weighted by Crippen LogP contribution is 2.24. The first-order chi connectivity index (χ1) is 8.58. The summed E-state index contributed by atoms with van der Waals surface area (Å²) in [5, 5.41) is 8.90. The van der Waals surface area contributed by atoms with Crippen LogP contribution in [0.15, 0.2) is 22.0 Å². The molecule has 0 aliphatic carbocycles. The number of nitriles is 1. The highest BCUT2D eigenvalue weighted by Gasteiger charge is 2.08. The number of anilines is 1. The summed E-state index contributed by atoms with van der Waals surface area (Å²) in [4.78, 5) is 11.6. The highest BCUT2D eigenvalue weighted by atomic mass is 79.9. The number of halogens is 1. The van der Waals surface area contributed by atoms with Crippen LogP contribution in [0.4, 0.5) is 5.82 Å². The largest absolute Gasteiger partial charge is 0.354 e. The Morgan fingerprint density at radius 1 is 1.44 bits per heavy atom. The second-order valence-electron chi connectivity index (χ2n) is 3.83. The molecule has 0 saturated heterocycles. The van der Waals surface area contributed by atoms with Crippen LogP contribution in [0, 0.1) is 18.3 Å². The minimum atomic E-state index is 0.400. The predicted octanol–water partition coefficient (Wildman–Crippen LogP) is 3.12. The number of nitrogens with zero attached hydrogens (tertiary/aromatic N) is 4. The molecule has 0 aliphatic heterocycles. The van der Waals surface area contributed by atoms with Gasteiger partial charge in [0.15, 0.2) is 0 Å². The fourth-order valence-corrected chi connectivity index (χ4v) is 3.09. The zero-order valence-corrected chi connectivity index (χ0v) is 12.4. The molecule has 0 atom stereocenters. The van der Waals surface area contributed by atoms with E-state index in [0.717, 1.165) is 16.1 Å². The van der Waals surface area contributed by atoms with Crippen LogP contribution < -0.4 is 4.90 Å². The molecule has 2 heterocycles. The molecule has 0 saturated carbocycles. The van der Waals surface area contributed by atoms with Crippen molar-refractivity contribution in [2.75, 3.05) is 11.9 Å². The molecule has 18 heavy (non-hydrogen) atoms. The van der Waals surface area contributed by atoms with Crippen LogP contribution in [0.25, 0.3) is 0 Å². The first-order valence-electron chi connectivity index (χ1n) is 5.29. The molecule has 6 heteroatoms. The zero-order valence-electron chi connectivity index (χ0n) is 10.0. The summed E-state index contributed by atoms with van der Waals surface area (Å²) in [6, 6.07) is 7.85. The summed E-state index contributed by atoms with van der Waals surface area (Å²) in [7, 11) is 1.95. The predicted molar refractivity (Wildman–Crippen MR) is 75.6 cm³/mol. The summed E-state index contributed by atoms with van der Waals surface area (Å²) in [5.41, 5.74) is 0.400. The van der Waals surface area contributed by atoms with E-state index in [-0.39, 0.29) is 0 Å². The van der Waals surface area contributed by atoms with Gasteiger partial charge in [0, 0.05) is 18.0 Å². The summed E-state index contributed by atoms with van der Waals surface area (Å²) >= 11 is 5.14. The Morgan fingerprint density at radius 3 is 2.83 bits per heavy atom. The van der Waals surface area contributed by atoms with Crippen molar-refractivity contribution >= 4 is 33.1 Å². The van der Waals surface area contributed by atoms with E-state index in [1.807, 2.05) is 24.1 Å². The topological polar surface area (TPSA) is 52.8 Å². The van der Waals surface area contributed by atoms with Crippen LogP contribution >= 0.6 is 27.3 Å². The van der Waals surface area contributed by atoms with E-state index in [0.29, 0.717) is 11.5 Å². The summed E-state index contributed by atoms with van der Waals surface area (Å²) in [6.07, 6.45) is 0. The molecule has 0 unspecified atom stereocenters. The lowest BCUT2D eigenvalue weighted by Crippen LogP contribution is -2.18. The smallest absolute Gasteiger partial charge is 0.146 e. The first kappa shape index (κ1) is 13.0. The van der Waals surface area contributed by atoms with Crippen molar-refractivity contribution in [3.8, 4) is 6.07 Å². The first-order valence-corrected chi connectivity index (χ1v) is 6.90. The monoisotopic (exact) mass is 322 g/mol. The molecule has 0 radical (unpaired) electrons. The van der Waals surface area contributed by atoms with Crippen molar-refractivity contribution in [2.24, 2.45) is 0 Å². The normalized spacial score (nSPS) is 10.1. The minimum Gasteiger partial charge on any atom is -0.354 e. The van der Waals surface area contributed by atoms with Gasteiger partial charge in [-0.15, -0.1) is 11.3 Å². The lowest BCUT2D eigenvalue weighted by molar-refractivity contribution is 0.887. The average molecular weight is 323 g/mol. The Labute approximate surface area is 118 Å². The summed E-state index contributed by atoms with van der Waals surface area (Å²) in [5.74, 6) is 1.38. The molecule has 4 nitrogen and oxygen atoms in total. The number of aryl methyl sites for hydroxylation is 1. The maximum Gasteiger partial charge on any atom is 0.146 e. The number of thiophene rings is 1. The number of aromatic nitrogens is 2. The van der Waals surface area contributed by atoms with Gasteiger partial charge in [-0.2, -0.15) is 5.26 Å². The van der Waals surface area contributed by atoms with E-state index in [4.69, 9.17) is 5.26 Å². The van der Waals surface area contributed by atoms with E-state index >= 15 is 0 Å². The maximum absolute atomic E-state index is 8.90. The third kappa shape index (κ3) is 3.06. The van der Waals surface area contributed by atoms with Crippen molar-refractivity contribution in [1.29, 1.82) is 5.26 Å². The van der Waals surface area contributed by atoms with Crippen LogP contribution in [0.3, 0.4) is 0 Å². The highest BCUT2D eigenvalue weighted by molar-refractivity contribution is 9.11. The number of hydrogen-bond donors (Lipinski definition) is 0. The van der Waals surface area contributed by atoms with Crippen LogP contribution in [0.1, 0.15) is 16.4 Å². The molecule has 0 N–H and O–H groups in total. The lowest BCUT2D eigenvalue weighted by atomic mass is 10.3. The Morgan fingerprint density at radius 2 is 2.22 bits per heavy atom. The van der Waals surface area contributed by atoms with Crippen molar-refractivity contribution in [1.82, 2.24) is 9.97 Å². The van der Waals surface area contributed by atoms with E-state index < -0.39 is 0 Å². The molecule has 2 aromatic heterocycles. The molecular weight excluding hydrogens is 312 g/mol. The third-order valence-electron chi connectivity index (χ3n) is 2.35. The molecule has 0 spiro atoms. The van der Waals surface area contributed by atoms with Crippen molar-refractivity contribution in [3.05, 3.63) is 38.4 Å². The molecule has 0 fully saturated rings. The van der Waals surface area contributed by atoms with Gasteiger partial charge in [-0.25, -0.2) is 9.97 Å². The maximum atomic E-state index is 8.90. The lowest BCUT2D eigenvalue weighted by Gasteiger charge is -2.17. The number of hydrogen-bond acceptors (Lipinski definition) is 5. The van der Waals surface area contributed by atoms with Crippen LogP contribution in [-0.4, -0.2) is 17.0 Å². The molecule has 92 valence electrons. The number of rotatable bonds is 3. The molecule has 2 aromatic rings. The second-order valence-corrected chi connectivity index (χ2v) is 6.38. The van der Waals surface area contributed by atoms with Crippen molar-refractivity contribution in [2.45, 2.75) is 13.5 Å². The Hall–Kier alpha value is -1.45. The zero-order chi connectivity index (χ0) is 13.1. The van der Waals surface area contributed by atoms with E-state index in [2.05, 4.69) is 32.0 Å². The molecular formula is C12H11BrN4S. The standard InChI is InChI=1S/C12H11BrN4S/c1-8-15-9(6-14)5-12(16-8)17(2)7-10-3-4-11(13)18-10/h3-5H,7H2,1-2H3. The molecule has 0 amide bonds.